The summed E-state index contributed by atoms with van der Waals surface area (Å²) in [4.78, 5) is 11.9. The molecule has 3 aromatic carbocycles. The van der Waals surface area contributed by atoms with Crippen LogP contribution in [0.15, 0.2) is 72.8 Å². The standard InChI is InChI=1S/C40H52O5/c1-6-30-24-34(33-15-13-32(14-16-33)31-11-9-29(4)10-12-31)17-19-37(30)35-18-20-38(44-23-21-40(5,26-41)27-42)36(25-35)8-7-22-45-39(43)28(2)3/h13-20,24-25,29,31,41-42H,2,6-12,21-23,26-27H2,1,3-5H3. The second kappa shape index (κ2) is 16.2. The second-order valence-corrected chi connectivity index (χ2v) is 13.4. The van der Waals surface area contributed by atoms with E-state index in [9.17, 15) is 15.0 Å². The van der Waals surface area contributed by atoms with Gasteiger partial charge in [-0.3, -0.25) is 0 Å². The largest absolute Gasteiger partial charge is 0.493 e. The Kier molecular flexibility index (Phi) is 12.4. The maximum atomic E-state index is 11.9. The van der Waals surface area contributed by atoms with Crippen LogP contribution in [0, 0.1) is 11.3 Å². The van der Waals surface area contributed by atoms with Crippen LogP contribution in [0.1, 0.15) is 88.8 Å². The van der Waals surface area contributed by atoms with Crippen molar-refractivity contribution in [1.82, 2.24) is 0 Å². The summed E-state index contributed by atoms with van der Waals surface area (Å²) in [5.74, 6) is 1.94. The van der Waals surface area contributed by atoms with E-state index in [0.717, 1.165) is 29.2 Å². The molecular formula is C40H52O5. The van der Waals surface area contributed by atoms with E-state index in [1.54, 1.807) is 6.92 Å². The van der Waals surface area contributed by atoms with E-state index in [2.05, 4.69) is 75.0 Å². The fraction of sp³-hybridized carbons (Fsp3) is 0.475. The van der Waals surface area contributed by atoms with Crippen LogP contribution < -0.4 is 4.74 Å². The molecule has 2 N–H and O–H groups in total. The first-order chi connectivity index (χ1) is 21.7. The minimum Gasteiger partial charge on any atom is -0.493 e. The van der Waals surface area contributed by atoms with Gasteiger partial charge in [-0.1, -0.05) is 88.7 Å². The van der Waals surface area contributed by atoms with Crippen LogP contribution in [0.2, 0.25) is 0 Å². The van der Waals surface area contributed by atoms with Gasteiger partial charge in [-0.2, -0.15) is 0 Å². The average Bonchev–Trinajstić information content (AvgIpc) is 3.07. The molecule has 0 heterocycles. The Morgan fingerprint density at radius 3 is 2.18 bits per heavy atom. The fourth-order valence-corrected chi connectivity index (χ4v) is 6.14. The molecule has 0 bridgehead atoms. The molecule has 0 atom stereocenters. The highest BCUT2D eigenvalue weighted by atomic mass is 16.5. The van der Waals surface area contributed by atoms with Gasteiger partial charge >= 0.3 is 5.97 Å². The zero-order valence-electron chi connectivity index (χ0n) is 27.7. The van der Waals surface area contributed by atoms with Gasteiger partial charge in [0.05, 0.1) is 26.4 Å². The molecule has 242 valence electrons. The molecule has 0 aliphatic heterocycles. The zero-order valence-corrected chi connectivity index (χ0v) is 27.7. The fourth-order valence-electron chi connectivity index (χ4n) is 6.14. The summed E-state index contributed by atoms with van der Waals surface area (Å²) in [7, 11) is 0. The maximum absolute atomic E-state index is 11.9. The first-order valence-corrected chi connectivity index (χ1v) is 16.7. The quantitative estimate of drug-likeness (QED) is 0.102. The average molecular weight is 613 g/mol. The third kappa shape index (κ3) is 9.31. The van der Waals surface area contributed by atoms with Gasteiger partial charge in [0.2, 0.25) is 0 Å². The predicted molar refractivity (Wildman–Crippen MR) is 184 cm³/mol. The van der Waals surface area contributed by atoms with Gasteiger partial charge in [0, 0.05) is 11.0 Å². The van der Waals surface area contributed by atoms with Crippen LogP contribution in [-0.2, 0) is 22.4 Å². The van der Waals surface area contributed by atoms with Crippen molar-refractivity contribution >= 4 is 5.97 Å². The molecule has 0 radical (unpaired) electrons. The lowest BCUT2D eigenvalue weighted by molar-refractivity contribution is -0.139. The Morgan fingerprint density at radius 2 is 1.53 bits per heavy atom. The molecule has 0 aromatic heterocycles. The highest BCUT2D eigenvalue weighted by molar-refractivity contribution is 5.86. The Labute approximate surface area is 270 Å². The summed E-state index contributed by atoms with van der Waals surface area (Å²) >= 11 is 0. The molecule has 0 saturated heterocycles. The molecule has 1 fully saturated rings. The topological polar surface area (TPSA) is 76.0 Å². The summed E-state index contributed by atoms with van der Waals surface area (Å²) in [6.45, 7) is 12.2. The minimum atomic E-state index is -0.594. The van der Waals surface area contributed by atoms with E-state index in [1.807, 2.05) is 13.0 Å². The summed E-state index contributed by atoms with van der Waals surface area (Å²) < 4.78 is 11.5. The number of aliphatic hydroxyl groups excluding tert-OH is 2. The van der Waals surface area contributed by atoms with Gasteiger partial charge < -0.3 is 19.7 Å². The molecule has 1 aliphatic carbocycles. The van der Waals surface area contributed by atoms with Crippen molar-refractivity contribution in [3.8, 4) is 28.0 Å². The molecule has 3 aromatic rings. The number of carbonyl (C=O) groups is 1. The van der Waals surface area contributed by atoms with Gasteiger partial charge in [-0.05, 0) is 108 Å². The van der Waals surface area contributed by atoms with Gasteiger partial charge in [0.25, 0.3) is 0 Å². The SMILES string of the molecule is C=C(C)C(=O)OCCCc1cc(-c2ccc(-c3ccc(C4CCC(C)CC4)cc3)cc2CC)ccc1OCCC(C)(CO)CO. The smallest absolute Gasteiger partial charge is 0.333 e. The molecule has 4 rings (SSSR count). The van der Waals surface area contributed by atoms with Gasteiger partial charge in [0.15, 0.2) is 0 Å². The van der Waals surface area contributed by atoms with Crippen molar-refractivity contribution in [3.63, 3.8) is 0 Å². The molecule has 1 aliphatic rings. The van der Waals surface area contributed by atoms with Crippen LogP contribution in [0.5, 0.6) is 5.75 Å². The third-order valence-corrected chi connectivity index (χ3v) is 9.49. The highest BCUT2D eigenvalue weighted by Crippen LogP contribution is 2.37. The number of aliphatic hydroxyl groups is 2. The van der Waals surface area contributed by atoms with Crippen molar-refractivity contribution in [2.24, 2.45) is 11.3 Å². The Hall–Kier alpha value is -3.41. The second-order valence-electron chi connectivity index (χ2n) is 13.4. The highest BCUT2D eigenvalue weighted by Gasteiger charge is 2.23. The summed E-state index contributed by atoms with van der Waals surface area (Å²) in [6, 6.07) is 22.3. The van der Waals surface area contributed by atoms with Gasteiger partial charge in [0.1, 0.15) is 5.75 Å². The number of ether oxygens (including phenoxy) is 2. The Morgan fingerprint density at radius 1 is 0.889 bits per heavy atom. The first-order valence-electron chi connectivity index (χ1n) is 16.7. The monoisotopic (exact) mass is 612 g/mol. The molecule has 45 heavy (non-hydrogen) atoms. The van der Waals surface area contributed by atoms with E-state index in [1.165, 1.54) is 53.5 Å². The van der Waals surface area contributed by atoms with Crippen LogP contribution in [0.25, 0.3) is 22.3 Å². The number of carbonyl (C=O) groups excluding carboxylic acids is 1. The van der Waals surface area contributed by atoms with Crippen molar-refractivity contribution < 1.29 is 24.5 Å². The summed E-state index contributed by atoms with van der Waals surface area (Å²) in [5, 5.41) is 19.4. The minimum absolute atomic E-state index is 0.105. The molecule has 0 unspecified atom stereocenters. The molecule has 5 heteroatoms. The van der Waals surface area contributed by atoms with Gasteiger partial charge in [-0.25, -0.2) is 4.79 Å². The number of esters is 1. The van der Waals surface area contributed by atoms with Crippen LogP contribution in [0.3, 0.4) is 0 Å². The molecule has 5 nitrogen and oxygen atoms in total. The Balaban J connectivity index is 1.54. The normalized spacial score (nSPS) is 16.8. The molecular weight excluding hydrogens is 560 g/mol. The van der Waals surface area contributed by atoms with Crippen molar-refractivity contribution in [3.05, 3.63) is 89.5 Å². The first kappa shape index (κ1) is 34.5. The lowest BCUT2D eigenvalue weighted by atomic mass is 9.79. The zero-order chi connectivity index (χ0) is 32.4. The molecule has 1 saturated carbocycles. The molecule has 0 spiro atoms. The number of aryl methyl sites for hydroxylation is 2. The summed E-state index contributed by atoms with van der Waals surface area (Å²) in [5.41, 5.74) is 8.39. The Bertz CT molecular complexity index is 1410. The van der Waals surface area contributed by atoms with E-state index < -0.39 is 5.41 Å². The summed E-state index contributed by atoms with van der Waals surface area (Å²) in [6.07, 6.45) is 8.02. The lowest BCUT2D eigenvalue weighted by Gasteiger charge is -2.26. The number of benzene rings is 3. The molecule has 0 amide bonds. The van der Waals surface area contributed by atoms with Crippen LogP contribution >= 0.6 is 0 Å². The lowest BCUT2D eigenvalue weighted by Crippen LogP contribution is -2.28. The van der Waals surface area contributed by atoms with Crippen LogP contribution in [-0.4, -0.2) is 42.6 Å². The van der Waals surface area contributed by atoms with E-state index in [-0.39, 0.29) is 19.2 Å². The van der Waals surface area contributed by atoms with Crippen molar-refractivity contribution in [1.29, 1.82) is 0 Å². The predicted octanol–water partition coefficient (Wildman–Crippen LogP) is 8.69. The van der Waals surface area contributed by atoms with E-state index >= 15 is 0 Å². The van der Waals surface area contributed by atoms with E-state index in [0.29, 0.717) is 44.0 Å². The third-order valence-electron chi connectivity index (χ3n) is 9.49. The van der Waals surface area contributed by atoms with Crippen LogP contribution in [0.4, 0.5) is 0 Å². The van der Waals surface area contributed by atoms with Crippen molar-refractivity contribution in [2.75, 3.05) is 26.4 Å². The van der Waals surface area contributed by atoms with Crippen molar-refractivity contribution in [2.45, 2.75) is 85.0 Å². The van der Waals surface area contributed by atoms with E-state index in [4.69, 9.17) is 9.47 Å². The number of hydrogen-bond acceptors (Lipinski definition) is 5. The maximum Gasteiger partial charge on any atom is 0.333 e. The van der Waals surface area contributed by atoms with Gasteiger partial charge in [-0.15, -0.1) is 0 Å². The number of rotatable bonds is 15. The number of hydrogen-bond donors (Lipinski definition) is 2.